The van der Waals surface area contributed by atoms with E-state index in [0.29, 0.717) is 12.0 Å². The average molecular weight is 415 g/mol. The molecule has 1 N–H and O–H groups in total. The highest BCUT2D eigenvalue weighted by Crippen LogP contribution is 2.30. The highest BCUT2D eigenvalue weighted by molar-refractivity contribution is 5.86. The average Bonchev–Trinajstić information content (AvgIpc) is 3.14. The lowest BCUT2D eigenvalue weighted by molar-refractivity contribution is -0.138. The summed E-state index contributed by atoms with van der Waals surface area (Å²) in [6, 6.07) is 4.17. The van der Waals surface area contributed by atoms with E-state index >= 15 is 0 Å². The molecule has 0 bridgehead atoms. The number of hydrogen-bond donors (Lipinski definition) is 1. The highest BCUT2D eigenvalue weighted by atomic mass is 16.6. The van der Waals surface area contributed by atoms with E-state index in [-0.39, 0.29) is 17.3 Å². The van der Waals surface area contributed by atoms with Gasteiger partial charge in [-0.25, -0.2) is 14.4 Å². The molecule has 7 nitrogen and oxygen atoms in total. The van der Waals surface area contributed by atoms with Crippen LogP contribution in [0.5, 0.6) is 5.75 Å². The summed E-state index contributed by atoms with van der Waals surface area (Å²) < 4.78 is 16.2. The molecule has 0 unspecified atom stereocenters. The zero-order valence-electron chi connectivity index (χ0n) is 18.2. The number of benzene rings is 1. The molecule has 1 aromatic carbocycles. The zero-order chi connectivity index (χ0) is 22.1. The molecule has 7 heteroatoms. The monoisotopic (exact) mass is 415 g/mol. The number of alkyl carbamates (subject to hydrolysis) is 1. The largest absolute Gasteiger partial charge is 0.444 e. The van der Waals surface area contributed by atoms with Crippen LogP contribution in [0.2, 0.25) is 0 Å². The van der Waals surface area contributed by atoms with Crippen molar-refractivity contribution >= 4 is 23.0 Å². The summed E-state index contributed by atoms with van der Waals surface area (Å²) >= 11 is 0. The minimum absolute atomic E-state index is 0.160. The van der Waals surface area contributed by atoms with Crippen LogP contribution in [0, 0.1) is 5.92 Å². The van der Waals surface area contributed by atoms with Gasteiger partial charge in [-0.3, -0.25) is 0 Å². The second-order valence-electron chi connectivity index (χ2n) is 8.79. The number of fused-ring (bicyclic) bond motifs is 3. The topological polar surface area (TPSA) is 94.8 Å². The molecule has 1 aliphatic carbocycles. The molecular formula is C23H29NO6. The Kier molecular flexibility index (Phi) is 6.19. The molecule has 0 radical (unpaired) electrons. The quantitative estimate of drug-likeness (QED) is 0.448. The number of rotatable bonds is 5. The molecule has 1 aliphatic rings. The zero-order valence-corrected chi connectivity index (χ0v) is 18.2. The van der Waals surface area contributed by atoms with Crippen LogP contribution in [0.1, 0.15) is 58.6 Å². The van der Waals surface area contributed by atoms with E-state index < -0.39 is 23.7 Å². The lowest BCUT2D eigenvalue weighted by Gasteiger charge is -2.25. The van der Waals surface area contributed by atoms with E-state index in [1.54, 1.807) is 32.9 Å². The van der Waals surface area contributed by atoms with Crippen LogP contribution in [-0.4, -0.2) is 23.7 Å². The molecule has 30 heavy (non-hydrogen) atoms. The molecule has 0 aliphatic heterocycles. The molecule has 1 amide bonds. The van der Waals surface area contributed by atoms with Crippen molar-refractivity contribution in [2.24, 2.45) is 5.92 Å². The van der Waals surface area contributed by atoms with Crippen molar-refractivity contribution in [2.75, 3.05) is 0 Å². The van der Waals surface area contributed by atoms with Gasteiger partial charge in [-0.05, 0) is 63.6 Å². The number of nitrogens with one attached hydrogen (secondary N) is 1. The van der Waals surface area contributed by atoms with E-state index in [1.165, 1.54) is 0 Å². The molecule has 1 heterocycles. The first-order valence-electron chi connectivity index (χ1n) is 10.4. The van der Waals surface area contributed by atoms with Gasteiger partial charge in [0.05, 0.1) is 0 Å². The van der Waals surface area contributed by atoms with Crippen LogP contribution in [0.15, 0.2) is 27.4 Å². The molecule has 1 aromatic heterocycles. The first-order valence-corrected chi connectivity index (χ1v) is 10.4. The van der Waals surface area contributed by atoms with Gasteiger partial charge in [-0.2, -0.15) is 0 Å². The Bertz CT molecular complexity index is 1020. The number of esters is 1. The van der Waals surface area contributed by atoms with Crippen molar-refractivity contribution in [1.82, 2.24) is 5.32 Å². The maximum atomic E-state index is 12.8. The summed E-state index contributed by atoms with van der Waals surface area (Å²) in [4.78, 5) is 37.2. The van der Waals surface area contributed by atoms with E-state index in [9.17, 15) is 14.4 Å². The van der Waals surface area contributed by atoms with Gasteiger partial charge in [0.25, 0.3) is 0 Å². The third kappa shape index (κ3) is 4.83. The fourth-order valence-electron chi connectivity index (χ4n) is 3.61. The predicted octanol–water partition coefficient (Wildman–Crippen LogP) is 4.13. The van der Waals surface area contributed by atoms with Gasteiger partial charge in [0.1, 0.15) is 23.0 Å². The third-order valence-electron chi connectivity index (χ3n) is 5.30. The summed E-state index contributed by atoms with van der Waals surface area (Å²) in [5.74, 6) is -0.502. The van der Waals surface area contributed by atoms with Crippen LogP contribution >= 0.6 is 0 Å². The smallest absolute Gasteiger partial charge is 0.408 e. The van der Waals surface area contributed by atoms with Crippen LogP contribution in [0.4, 0.5) is 4.79 Å². The molecule has 2 atom stereocenters. The van der Waals surface area contributed by atoms with Crippen LogP contribution in [0.25, 0.3) is 11.0 Å². The van der Waals surface area contributed by atoms with Crippen molar-refractivity contribution in [3.63, 3.8) is 0 Å². The van der Waals surface area contributed by atoms with Gasteiger partial charge >= 0.3 is 17.7 Å². The molecule has 0 saturated heterocycles. The van der Waals surface area contributed by atoms with Gasteiger partial charge in [-0.15, -0.1) is 0 Å². The molecule has 0 fully saturated rings. The minimum Gasteiger partial charge on any atom is -0.444 e. The summed E-state index contributed by atoms with van der Waals surface area (Å²) in [5.41, 5.74) is 1.15. The second-order valence-corrected chi connectivity index (χ2v) is 8.79. The maximum absolute atomic E-state index is 12.8. The highest BCUT2D eigenvalue weighted by Gasteiger charge is 2.30. The van der Waals surface area contributed by atoms with Gasteiger partial charge in [0, 0.05) is 17.0 Å². The SMILES string of the molecule is CC[C@H](C)[C@H](NC(=O)OC(C)(C)C)C(=O)Oc1ccc2c3c(c(=O)oc2c1)CCC3. The summed E-state index contributed by atoms with van der Waals surface area (Å²) in [6.45, 7) is 9.04. The van der Waals surface area contributed by atoms with Gasteiger partial charge in [0.15, 0.2) is 0 Å². The Labute approximate surface area is 175 Å². The molecular weight excluding hydrogens is 386 g/mol. The van der Waals surface area contributed by atoms with Crippen molar-refractivity contribution in [2.45, 2.75) is 71.9 Å². The number of carbonyl (C=O) groups excluding carboxylic acids is 2. The Morgan fingerprint density at radius 3 is 2.57 bits per heavy atom. The van der Waals surface area contributed by atoms with E-state index in [0.717, 1.165) is 35.8 Å². The van der Waals surface area contributed by atoms with Gasteiger partial charge in [0.2, 0.25) is 0 Å². The Morgan fingerprint density at radius 1 is 1.20 bits per heavy atom. The molecule has 162 valence electrons. The molecule has 0 spiro atoms. The normalized spacial score (nSPS) is 15.4. The third-order valence-corrected chi connectivity index (χ3v) is 5.30. The van der Waals surface area contributed by atoms with Crippen molar-refractivity contribution in [3.8, 4) is 5.75 Å². The lowest BCUT2D eigenvalue weighted by Crippen LogP contribution is -2.48. The molecule has 2 aromatic rings. The fraction of sp³-hybridized carbons (Fsp3) is 0.522. The van der Waals surface area contributed by atoms with Gasteiger partial charge < -0.3 is 19.2 Å². The summed E-state index contributed by atoms with van der Waals surface area (Å²) in [6.07, 6.45) is 2.49. The van der Waals surface area contributed by atoms with Crippen molar-refractivity contribution < 1.29 is 23.5 Å². The first kappa shape index (κ1) is 21.9. The Hall–Kier alpha value is -2.83. The molecule has 3 rings (SSSR count). The number of hydrogen-bond acceptors (Lipinski definition) is 6. The van der Waals surface area contributed by atoms with Crippen LogP contribution < -0.4 is 15.7 Å². The van der Waals surface area contributed by atoms with Crippen molar-refractivity contribution in [3.05, 3.63) is 39.7 Å². The number of ether oxygens (including phenoxy) is 2. The Balaban J connectivity index is 1.81. The van der Waals surface area contributed by atoms with Crippen LogP contribution in [0.3, 0.4) is 0 Å². The van der Waals surface area contributed by atoms with Crippen LogP contribution in [-0.2, 0) is 22.4 Å². The fourth-order valence-corrected chi connectivity index (χ4v) is 3.61. The predicted molar refractivity (Wildman–Crippen MR) is 113 cm³/mol. The Morgan fingerprint density at radius 2 is 1.90 bits per heavy atom. The molecule has 0 saturated carbocycles. The first-order chi connectivity index (χ1) is 14.1. The number of aryl methyl sites for hydroxylation is 1. The standard InChI is InChI=1S/C23H29NO6/c1-6-13(2)19(24-22(27)30-23(3,4)5)21(26)28-14-10-11-16-15-8-7-9-17(15)20(25)29-18(16)12-14/h10-13,19H,6-9H2,1-5H3,(H,24,27)/t13-,19-/m0/s1. The minimum atomic E-state index is -0.868. The second kappa shape index (κ2) is 8.50. The number of amides is 1. The maximum Gasteiger partial charge on any atom is 0.408 e. The van der Waals surface area contributed by atoms with Crippen molar-refractivity contribution in [1.29, 1.82) is 0 Å². The summed E-state index contributed by atoms with van der Waals surface area (Å²) in [7, 11) is 0. The summed E-state index contributed by atoms with van der Waals surface area (Å²) in [5, 5.41) is 3.48. The number of carbonyl (C=O) groups is 2. The van der Waals surface area contributed by atoms with E-state index in [4.69, 9.17) is 13.9 Å². The van der Waals surface area contributed by atoms with E-state index in [2.05, 4.69) is 5.32 Å². The van der Waals surface area contributed by atoms with E-state index in [1.807, 2.05) is 19.9 Å². The lowest BCUT2D eigenvalue weighted by atomic mass is 9.99. The van der Waals surface area contributed by atoms with Gasteiger partial charge in [-0.1, -0.05) is 20.3 Å².